The summed E-state index contributed by atoms with van der Waals surface area (Å²) in [4.78, 5) is 13.3. The summed E-state index contributed by atoms with van der Waals surface area (Å²) >= 11 is 6.55. The van der Waals surface area contributed by atoms with Crippen LogP contribution in [0.1, 0.15) is 44.7 Å². The maximum absolute atomic E-state index is 13.3. The molecule has 2 fully saturated rings. The van der Waals surface area contributed by atoms with Crippen molar-refractivity contribution < 1.29 is 9.53 Å². The number of rotatable bonds is 6. The van der Waals surface area contributed by atoms with Crippen LogP contribution in [0.5, 0.6) is 5.75 Å². The Morgan fingerprint density at radius 2 is 1.82 bits per heavy atom. The van der Waals surface area contributed by atoms with Gasteiger partial charge in [0.05, 0.1) is 23.4 Å². The zero-order valence-corrected chi connectivity index (χ0v) is 20.0. The zero-order chi connectivity index (χ0) is 22.9. The van der Waals surface area contributed by atoms with Crippen LogP contribution in [0.4, 0.5) is 5.69 Å². The summed E-state index contributed by atoms with van der Waals surface area (Å²) < 4.78 is 5.61. The molecule has 2 unspecified atom stereocenters. The highest BCUT2D eigenvalue weighted by molar-refractivity contribution is 6.40. The summed E-state index contributed by atoms with van der Waals surface area (Å²) in [6, 6.07) is 15.5. The smallest absolute Gasteiger partial charge is 0.282 e. The molecule has 7 heteroatoms. The molecular weight excluding hydrogens is 436 g/mol. The van der Waals surface area contributed by atoms with Gasteiger partial charge in [0.15, 0.2) is 0 Å². The van der Waals surface area contributed by atoms with E-state index in [4.69, 9.17) is 21.4 Å². The fraction of sp³-hybridized carbons (Fsp3) is 0.462. The minimum Gasteiger partial charge on any atom is -0.494 e. The summed E-state index contributed by atoms with van der Waals surface area (Å²) in [5.41, 5.74) is 5.54. The number of nitrogens with zero attached hydrogens (tertiary/aromatic N) is 3. The highest BCUT2D eigenvalue weighted by Gasteiger charge is 2.42. The average molecular weight is 467 g/mol. The molecule has 2 aliphatic heterocycles. The monoisotopic (exact) mass is 466 g/mol. The minimum absolute atomic E-state index is 0.110. The maximum atomic E-state index is 13.3. The lowest BCUT2D eigenvalue weighted by Gasteiger charge is -2.27. The number of hydrazone groups is 1. The normalized spacial score (nSPS) is 26.9. The van der Waals surface area contributed by atoms with E-state index < -0.39 is 0 Å². The Morgan fingerprint density at radius 1 is 1.12 bits per heavy atom. The number of carbonyl (C=O) groups excluding carboxylic acids is 1. The van der Waals surface area contributed by atoms with Crippen molar-refractivity contribution in [3.63, 3.8) is 0 Å². The number of carbonyl (C=O) groups is 1. The van der Waals surface area contributed by atoms with E-state index >= 15 is 0 Å². The van der Waals surface area contributed by atoms with E-state index in [1.807, 2.05) is 60.5 Å². The fourth-order valence-corrected chi connectivity index (χ4v) is 5.83. The van der Waals surface area contributed by atoms with Crippen molar-refractivity contribution in [2.75, 3.05) is 24.7 Å². The minimum atomic E-state index is -0.140. The van der Waals surface area contributed by atoms with Crippen molar-refractivity contribution in [1.82, 2.24) is 10.4 Å². The molecule has 0 spiro atoms. The first-order valence-corrected chi connectivity index (χ1v) is 12.3. The van der Waals surface area contributed by atoms with Crippen LogP contribution >= 0.6 is 11.6 Å². The molecular formula is C26H31ClN4O2. The SMILES string of the molecule is CCOc1ccc([C@H]2[C@@H](C)C(C(=O)NN3CC4CCCC4C3)=NN2c2ccccc2Cl)cc1. The van der Waals surface area contributed by atoms with Crippen molar-refractivity contribution in [2.45, 2.75) is 39.2 Å². The van der Waals surface area contributed by atoms with Crippen LogP contribution in [0.3, 0.4) is 0 Å². The summed E-state index contributed by atoms with van der Waals surface area (Å²) in [5, 5.41) is 9.43. The molecule has 0 aromatic heterocycles. The zero-order valence-electron chi connectivity index (χ0n) is 19.2. The molecule has 0 bridgehead atoms. The molecule has 2 heterocycles. The largest absolute Gasteiger partial charge is 0.494 e. The lowest BCUT2D eigenvalue weighted by molar-refractivity contribution is -0.119. The molecule has 5 rings (SSSR count). The van der Waals surface area contributed by atoms with E-state index in [1.54, 1.807) is 0 Å². The number of benzene rings is 2. The number of hydrogen-bond acceptors (Lipinski definition) is 5. The Kier molecular flexibility index (Phi) is 6.30. The Labute approximate surface area is 200 Å². The van der Waals surface area contributed by atoms with Crippen LogP contribution in [-0.4, -0.2) is 36.3 Å². The number of halogens is 1. The number of nitrogens with one attached hydrogen (secondary N) is 1. The van der Waals surface area contributed by atoms with Crippen molar-refractivity contribution in [1.29, 1.82) is 0 Å². The second-order valence-electron chi connectivity index (χ2n) is 9.31. The number of fused-ring (bicyclic) bond motifs is 1. The lowest BCUT2D eigenvalue weighted by Crippen LogP contribution is -2.45. The first kappa shape index (κ1) is 22.2. The molecule has 1 saturated heterocycles. The number of hydrazine groups is 1. The Balaban J connectivity index is 1.41. The molecule has 6 nitrogen and oxygen atoms in total. The van der Waals surface area contributed by atoms with Gasteiger partial charge in [-0.15, -0.1) is 0 Å². The highest BCUT2D eigenvalue weighted by Crippen LogP contribution is 2.42. The Bertz CT molecular complexity index is 1030. The number of anilines is 1. The van der Waals surface area contributed by atoms with Crippen LogP contribution < -0.4 is 15.2 Å². The molecule has 33 heavy (non-hydrogen) atoms. The van der Waals surface area contributed by atoms with Gasteiger partial charge in [0.1, 0.15) is 11.5 Å². The number of amides is 1. The average Bonchev–Trinajstić information content (AvgIpc) is 3.48. The number of hydrogen-bond donors (Lipinski definition) is 1. The Morgan fingerprint density at radius 3 is 2.48 bits per heavy atom. The maximum Gasteiger partial charge on any atom is 0.282 e. The van der Waals surface area contributed by atoms with Gasteiger partial charge in [-0.1, -0.05) is 49.2 Å². The van der Waals surface area contributed by atoms with E-state index in [0.717, 1.165) is 30.1 Å². The molecule has 2 aromatic rings. The molecule has 4 atom stereocenters. The van der Waals surface area contributed by atoms with Crippen LogP contribution in [0.15, 0.2) is 53.6 Å². The number of para-hydroxylation sites is 1. The third kappa shape index (κ3) is 4.34. The fourth-order valence-electron chi connectivity index (χ4n) is 5.61. The molecule has 1 N–H and O–H groups in total. The first-order chi connectivity index (χ1) is 16.0. The summed E-state index contributed by atoms with van der Waals surface area (Å²) in [5.74, 6) is 2.03. The molecule has 3 aliphatic rings. The second kappa shape index (κ2) is 9.35. The molecule has 1 amide bonds. The van der Waals surface area contributed by atoms with Gasteiger partial charge in [0.25, 0.3) is 5.91 Å². The third-order valence-electron chi connectivity index (χ3n) is 7.23. The van der Waals surface area contributed by atoms with Crippen molar-refractivity contribution in [3.05, 3.63) is 59.1 Å². The van der Waals surface area contributed by atoms with Crippen molar-refractivity contribution >= 4 is 28.9 Å². The van der Waals surface area contributed by atoms with E-state index in [2.05, 4.69) is 17.4 Å². The van der Waals surface area contributed by atoms with Gasteiger partial charge in [0.2, 0.25) is 0 Å². The van der Waals surface area contributed by atoms with Crippen LogP contribution in [0.25, 0.3) is 0 Å². The van der Waals surface area contributed by atoms with Crippen LogP contribution in [0.2, 0.25) is 5.02 Å². The predicted octanol–water partition coefficient (Wildman–Crippen LogP) is 5.06. The molecule has 1 aliphatic carbocycles. The van der Waals surface area contributed by atoms with Crippen LogP contribution in [0, 0.1) is 17.8 Å². The third-order valence-corrected chi connectivity index (χ3v) is 7.55. The number of ether oxygens (including phenoxy) is 1. The quantitative estimate of drug-likeness (QED) is 0.646. The predicted molar refractivity (Wildman–Crippen MR) is 131 cm³/mol. The highest BCUT2D eigenvalue weighted by atomic mass is 35.5. The van der Waals surface area contributed by atoms with Gasteiger partial charge in [-0.05, 0) is 61.4 Å². The molecule has 1 saturated carbocycles. The molecule has 174 valence electrons. The van der Waals surface area contributed by atoms with Crippen LogP contribution in [-0.2, 0) is 4.79 Å². The van der Waals surface area contributed by atoms with E-state index in [9.17, 15) is 4.79 Å². The molecule has 2 aromatic carbocycles. The summed E-state index contributed by atoms with van der Waals surface area (Å²) in [6.07, 6.45) is 3.86. The van der Waals surface area contributed by atoms with Gasteiger partial charge in [-0.3, -0.25) is 15.2 Å². The summed E-state index contributed by atoms with van der Waals surface area (Å²) in [6.45, 7) is 6.53. The van der Waals surface area contributed by atoms with Gasteiger partial charge in [-0.25, -0.2) is 5.01 Å². The van der Waals surface area contributed by atoms with Crippen molar-refractivity contribution in [3.8, 4) is 5.75 Å². The van der Waals surface area contributed by atoms with Gasteiger partial charge in [0, 0.05) is 19.0 Å². The standard InChI is InChI=1S/C26H31ClN4O2/c1-3-33-21-13-11-18(12-14-21)25-17(2)24(28-31(25)23-10-5-4-9-22(23)27)26(32)29-30-15-19-7-6-8-20(19)16-30/h4-5,9-14,17,19-20,25H,3,6-8,15-16H2,1-2H3,(H,29,32)/t17-,19?,20?,25+/m0/s1. The summed E-state index contributed by atoms with van der Waals surface area (Å²) in [7, 11) is 0. The van der Waals surface area contributed by atoms with E-state index in [1.165, 1.54) is 19.3 Å². The van der Waals surface area contributed by atoms with Crippen molar-refractivity contribution in [2.24, 2.45) is 22.9 Å². The Hall–Kier alpha value is -2.57. The topological polar surface area (TPSA) is 57.2 Å². The first-order valence-electron chi connectivity index (χ1n) is 12.0. The van der Waals surface area contributed by atoms with Gasteiger partial charge < -0.3 is 4.74 Å². The van der Waals surface area contributed by atoms with Gasteiger partial charge in [-0.2, -0.15) is 5.10 Å². The second-order valence-corrected chi connectivity index (χ2v) is 9.72. The molecule has 0 radical (unpaired) electrons. The van der Waals surface area contributed by atoms with Gasteiger partial charge >= 0.3 is 0 Å². The van der Waals surface area contributed by atoms with E-state index in [0.29, 0.717) is 29.2 Å². The lowest BCUT2D eigenvalue weighted by atomic mass is 9.91. The van der Waals surface area contributed by atoms with E-state index in [-0.39, 0.29) is 17.9 Å².